The minimum absolute atomic E-state index is 0.215. The van der Waals surface area contributed by atoms with Crippen molar-refractivity contribution >= 4 is 35.1 Å². The Bertz CT molecular complexity index is 1500. The van der Waals surface area contributed by atoms with Gasteiger partial charge >= 0.3 is 5.97 Å². The number of carbonyl (C=O) groups is 1. The van der Waals surface area contributed by atoms with Crippen molar-refractivity contribution in [2.75, 3.05) is 26.1 Å². The average molecular weight is 539 g/mol. The molecule has 7 nitrogen and oxygen atoms in total. The highest BCUT2D eigenvalue weighted by molar-refractivity contribution is 7.98. The topological polar surface area (TPSA) is 79.1 Å². The van der Waals surface area contributed by atoms with Gasteiger partial charge in [-0.15, -0.1) is 11.8 Å². The molecular formula is C28H30N2O5S2. The molecule has 1 aromatic heterocycles. The smallest absolute Gasteiger partial charge is 0.338 e. The zero-order valence-electron chi connectivity index (χ0n) is 21.6. The van der Waals surface area contributed by atoms with Gasteiger partial charge < -0.3 is 14.2 Å². The Balaban J connectivity index is 1.92. The van der Waals surface area contributed by atoms with E-state index in [9.17, 15) is 9.59 Å². The first-order valence-electron chi connectivity index (χ1n) is 12.1. The summed E-state index contributed by atoms with van der Waals surface area (Å²) in [5.74, 6) is 0.658. The van der Waals surface area contributed by atoms with Crippen LogP contribution in [0.2, 0.25) is 0 Å². The predicted octanol–water partition coefficient (Wildman–Crippen LogP) is 4.32. The lowest BCUT2D eigenvalue weighted by molar-refractivity contribution is -0.139. The molecule has 0 aliphatic carbocycles. The molecule has 2 aromatic carbocycles. The van der Waals surface area contributed by atoms with Crippen LogP contribution in [-0.4, -0.2) is 36.6 Å². The van der Waals surface area contributed by atoms with Gasteiger partial charge in [0.2, 0.25) is 0 Å². The van der Waals surface area contributed by atoms with Crippen molar-refractivity contribution in [3.63, 3.8) is 0 Å². The van der Waals surface area contributed by atoms with E-state index >= 15 is 0 Å². The number of thiazole rings is 1. The molecule has 4 rings (SSSR count). The van der Waals surface area contributed by atoms with E-state index in [1.807, 2.05) is 68.6 Å². The van der Waals surface area contributed by atoms with E-state index in [0.29, 0.717) is 50.9 Å². The van der Waals surface area contributed by atoms with Gasteiger partial charge in [-0.25, -0.2) is 9.79 Å². The monoisotopic (exact) mass is 538 g/mol. The van der Waals surface area contributed by atoms with Crippen LogP contribution in [0.15, 0.2) is 68.4 Å². The van der Waals surface area contributed by atoms with Gasteiger partial charge in [0.15, 0.2) is 16.3 Å². The lowest BCUT2D eigenvalue weighted by atomic mass is 9.95. The Morgan fingerprint density at radius 2 is 1.76 bits per heavy atom. The van der Waals surface area contributed by atoms with Crippen LogP contribution in [-0.2, 0) is 9.53 Å². The third kappa shape index (κ3) is 5.52. The first-order chi connectivity index (χ1) is 17.9. The fourth-order valence-corrected chi connectivity index (χ4v) is 5.65. The number of nitrogens with zero attached hydrogens (tertiary/aromatic N) is 2. The van der Waals surface area contributed by atoms with Crippen LogP contribution in [0.4, 0.5) is 0 Å². The van der Waals surface area contributed by atoms with E-state index in [0.717, 1.165) is 10.5 Å². The molecule has 0 N–H and O–H groups in total. The van der Waals surface area contributed by atoms with E-state index in [4.69, 9.17) is 14.2 Å². The molecule has 194 valence electrons. The molecule has 1 atom stereocenters. The van der Waals surface area contributed by atoms with Gasteiger partial charge in [-0.3, -0.25) is 9.36 Å². The summed E-state index contributed by atoms with van der Waals surface area (Å²) < 4.78 is 19.1. The number of allylic oxidation sites excluding steroid dienone is 1. The van der Waals surface area contributed by atoms with Crippen LogP contribution in [0.1, 0.15) is 44.9 Å². The van der Waals surface area contributed by atoms with Crippen LogP contribution in [0.3, 0.4) is 0 Å². The highest BCUT2D eigenvalue weighted by Crippen LogP contribution is 2.36. The molecule has 0 saturated carbocycles. The molecule has 1 aliphatic heterocycles. The number of thioether (sulfide) groups is 1. The summed E-state index contributed by atoms with van der Waals surface area (Å²) in [4.78, 5) is 33.2. The molecule has 0 fully saturated rings. The summed E-state index contributed by atoms with van der Waals surface area (Å²) in [6.45, 7) is 8.47. The van der Waals surface area contributed by atoms with Gasteiger partial charge in [-0.2, -0.15) is 0 Å². The number of hydrogen-bond donors (Lipinski definition) is 0. The Labute approximate surface area is 224 Å². The Morgan fingerprint density at radius 3 is 2.41 bits per heavy atom. The maximum absolute atomic E-state index is 13.8. The molecule has 0 spiro atoms. The van der Waals surface area contributed by atoms with Gasteiger partial charge in [0, 0.05) is 4.90 Å². The summed E-state index contributed by atoms with van der Waals surface area (Å²) in [7, 11) is 0. The molecule has 1 aliphatic rings. The molecule has 37 heavy (non-hydrogen) atoms. The molecule has 0 saturated heterocycles. The van der Waals surface area contributed by atoms with Crippen LogP contribution < -0.4 is 24.4 Å². The largest absolute Gasteiger partial charge is 0.490 e. The van der Waals surface area contributed by atoms with Crippen molar-refractivity contribution in [2.45, 2.75) is 38.6 Å². The second kappa shape index (κ2) is 11.8. The Morgan fingerprint density at radius 1 is 1.05 bits per heavy atom. The maximum atomic E-state index is 13.8. The highest BCUT2D eigenvalue weighted by Gasteiger charge is 2.34. The van der Waals surface area contributed by atoms with Gasteiger partial charge in [0.25, 0.3) is 5.56 Å². The number of aromatic nitrogens is 1. The lowest BCUT2D eigenvalue weighted by Gasteiger charge is -2.25. The Hall–Kier alpha value is -3.30. The predicted molar refractivity (Wildman–Crippen MR) is 147 cm³/mol. The molecule has 2 heterocycles. The number of carbonyl (C=O) groups excluding carboxylic acids is 1. The highest BCUT2D eigenvalue weighted by atomic mass is 32.2. The molecule has 0 bridgehead atoms. The zero-order chi connectivity index (χ0) is 26.5. The number of hydrogen-bond acceptors (Lipinski definition) is 8. The van der Waals surface area contributed by atoms with Crippen molar-refractivity contribution in [2.24, 2.45) is 4.99 Å². The van der Waals surface area contributed by atoms with E-state index in [1.54, 1.807) is 30.2 Å². The van der Waals surface area contributed by atoms with Crippen LogP contribution in [0, 0.1) is 0 Å². The summed E-state index contributed by atoms with van der Waals surface area (Å²) >= 11 is 2.96. The van der Waals surface area contributed by atoms with Gasteiger partial charge in [-0.1, -0.05) is 29.5 Å². The number of ether oxygens (including phenoxy) is 3. The van der Waals surface area contributed by atoms with Crippen LogP contribution in [0.5, 0.6) is 11.5 Å². The number of rotatable bonds is 9. The second-order valence-corrected chi connectivity index (χ2v) is 10.0. The van der Waals surface area contributed by atoms with Gasteiger partial charge in [0.05, 0.1) is 41.7 Å². The number of benzene rings is 2. The average Bonchev–Trinajstić information content (AvgIpc) is 3.19. The third-order valence-electron chi connectivity index (χ3n) is 5.81. The van der Waals surface area contributed by atoms with E-state index in [1.165, 1.54) is 11.3 Å². The zero-order valence-corrected chi connectivity index (χ0v) is 23.2. The van der Waals surface area contributed by atoms with Gasteiger partial charge in [0.1, 0.15) is 0 Å². The summed E-state index contributed by atoms with van der Waals surface area (Å²) in [5, 5.41) is 0. The number of fused-ring (bicyclic) bond motifs is 1. The van der Waals surface area contributed by atoms with Crippen LogP contribution in [0.25, 0.3) is 6.08 Å². The third-order valence-corrected chi connectivity index (χ3v) is 7.54. The van der Waals surface area contributed by atoms with Crippen molar-refractivity contribution in [3.8, 4) is 11.5 Å². The van der Waals surface area contributed by atoms with Crippen molar-refractivity contribution in [3.05, 3.63) is 84.5 Å². The minimum atomic E-state index is -0.716. The van der Waals surface area contributed by atoms with Crippen molar-refractivity contribution < 1.29 is 19.0 Å². The normalized spacial score (nSPS) is 15.3. The second-order valence-electron chi connectivity index (χ2n) is 8.15. The first kappa shape index (κ1) is 26.8. The molecule has 0 radical (unpaired) electrons. The number of esters is 1. The molecule has 0 amide bonds. The van der Waals surface area contributed by atoms with Crippen LogP contribution >= 0.6 is 23.1 Å². The maximum Gasteiger partial charge on any atom is 0.338 e. The quantitative estimate of drug-likeness (QED) is 0.298. The lowest BCUT2D eigenvalue weighted by Crippen LogP contribution is -2.40. The SMILES string of the molecule is CCOC(=O)C1=C(C)N=c2s/c(=C\c3ccc(SC)cc3)c(=O)n2[C@H]1c1ccc(OCC)c(OCC)c1. The Kier molecular flexibility index (Phi) is 8.56. The summed E-state index contributed by atoms with van der Waals surface area (Å²) in [6, 6.07) is 12.8. The standard InChI is InChI=1S/C28H30N2O5S2/c1-6-33-21-14-11-19(16-22(21)34-7-2)25-24(27(32)35-8-3)17(4)29-28-30(25)26(31)23(37-28)15-18-9-12-20(36-5)13-10-18/h9-16,25H,6-8H2,1-5H3/b23-15-/t25-/m0/s1. The fraction of sp³-hybridized carbons (Fsp3) is 0.321. The van der Waals surface area contributed by atoms with Gasteiger partial charge in [-0.05, 0) is 75.4 Å². The van der Waals surface area contributed by atoms with E-state index < -0.39 is 12.0 Å². The fourth-order valence-electron chi connectivity index (χ4n) is 4.20. The van der Waals surface area contributed by atoms with Crippen molar-refractivity contribution in [1.82, 2.24) is 4.57 Å². The molecular weight excluding hydrogens is 508 g/mol. The minimum Gasteiger partial charge on any atom is -0.490 e. The van der Waals surface area contributed by atoms with Crippen molar-refractivity contribution in [1.29, 1.82) is 0 Å². The molecule has 0 unspecified atom stereocenters. The molecule has 9 heteroatoms. The summed E-state index contributed by atoms with van der Waals surface area (Å²) in [5.41, 5.74) is 2.26. The first-order valence-corrected chi connectivity index (χ1v) is 14.2. The molecule has 3 aromatic rings. The van der Waals surface area contributed by atoms with E-state index in [-0.39, 0.29) is 12.2 Å². The summed E-state index contributed by atoms with van der Waals surface area (Å²) in [6.07, 6.45) is 3.88. The van der Waals surface area contributed by atoms with E-state index in [2.05, 4.69) is 4.99 Å².